The summed E-state index contributed by atoms with van der Waals surface area (Å²) >= 11 is 0. The molecule has 4 heterocycles. The molecule has 3 aromatic heterocycles. The summed E-state index contributed by atoms with van der Waals surface area (Å²) in [6, 6.07) is 12.5. The van der Waals surface area contributed by atoms with Gasteiger partial charge in [0.25, 0.3) is 5.56 Å². The molecular weight excluding hydrogens is 476 g/mol. The predicted octanol–water partition coefficient (Wildman–Crippen LogP) is 4.10. The zero-order chi connectivity index (χ0) is 26.2. The molecule has 1 aromatic carbocycles. The number of piperazine rings is 1. The predicted molar refractivity (Wildman–Crippen MR) is 152 cm³/mol. The second-order valence-corrected chi connectivity index (χ2v) is 10.2. The van der Waals surface area contributed by atoms with Crippen molar-refractivity contribution in [3.05, 3.63) is 76.9 Å². The molecule has 6 rings (SSSR count). The molecule has 196 valence electrons. The number of pyridine rings is 1. The minimum absolute atomic E-state index is 0.155. The highest BCUT2D eigenvalue weighted by molar-refractivity contribution is 5.77. The Bertz CT molecular complexity index is 1530. The molecule has 0 spiro atoms. The first-order chi connectivity index (χ1) is 18.6. The van der Waals surface area contributed by atoms with E-state index in [4.69, 9.17) is 9.97 Å². The van der Waals surface area contributed by atoms with Crippen LogP contribution in [0.2, 0.25) is 0 Å². The topological polar surface area (TPSA) is 84.1 Å². The summed E-state index contributed by atoms with van der Waals surface area (Å²) in [4.78, 5) is 32.3. The molecule has 4 aromatic rings. The molecular formula is C29H34N8O. The third kappa shape index (κ3) is 4.36. The van der Waals surface area contributed by atoms with Crippen LogP contribution in [0, 0.1) is 0 Å². The van der Waals surface area contributed by atoms with E-state index in [1.54, 1.807) is 17.0 Å². The Balaban J connectivity index is 1.34. The highest BCUT2D eigenvalue weighted by Crippen LogP contribution is 2.34. The monoisotopic (exact) mass is 510 g/mol. The second kappa shape index (κ2) is 10.1. The van der Waals surface area contributed by atoms with Gasteiger partial charge in [0.15, 0.2) is 11.5 Å². The molecule has 0 saturated carbocycles. The van der Waals surface area contributed by atoms with Crippen molar-refractivity contribution in [1.29, 1.82) is 0 Å². The lowest BCUT2D eigenvalue weighted by atomic mass is 10.0. The van der Waals surface area contributed by atoms with E-state index >= 15 is 0 Å². The molecule has 1 aliphatic carbocycles. The van der Waals surface area contributed by atoms with Crippen LogP contribution in [0.25, 0.3) is 16.9 Å². The lowest BCUT2D eigenvalue weighted by Gasteiger charge is -2.34. The number of anilines is 3. The van der Waals surface area contributed by atoms with Crippen molar-refractivity contribution in [2.75, 3.05) is 43.4 Å². The van der Waals surface area contributed by atoms with Crippen molar-refractivity contribution in [2.24, 2.45) is 0 Å². The SMILES string of the molecule is C=CCn1c(=O)c2cnc(Nc3ccc(N4CCN(C)CC4)cc3)nc2n1-c1ccc2c(n1)[C@@H](CC)CC2. The van der Waals surface area contributed by atoms with Gasteiger partial charge in [-0.15, -0.1) is 6.58 Å². The van der Waals surface area contributed by atoms with Gasteiger partial charge in [-0.25, -0.2) is 19.3 Å². The Kier molecular flexibility index (Phi) is 6.45. The number of nitrogens with one attached hydrogen (secondary N) is 1. The highest BCUT2D eigenvalue weighted by atomic mass is 16.1. The quantitative estimate of drug-likeness (QED) is 0.375. The van der Waals surface area contributed by atoms with E-state index in [1.807, 2.05) is 22.9 Å². The van der Waals surface area contributed by atoms with Gasteiger partial charge in [-0.1, -0.05) is 19.1 Å². The van der Waals surface area contributed by atoms with E-state index in [0.29, 0.717) is 35.3 Å². The van der Waals surface area contributed by atoms with Gasteiger partial charge in [0.2, 0.25) is 5.95 Å². The standard InChI is InChI=1S/C29H34N8O/c1-4-14-36-28(38)24-19-30-29(31-22-9-11-23(12-10-22)35-17-15-34(3)16-18-35)33-27(24)37(36)25-13-8-21-7-6-20(5-2)26(21)32-25/h4,8-13,19-20H,1,5-7,14-18H2,2-3H3,(H,30,31,33)/t20-/m0/s1. The maximum absolute atomic E-state index is 13.3. The van der Waals surface area contributed by atoms with E-state index in [9.17, 15) is 4.79 Å². The fraction of sp³-hybridized carbons (Fsp3) is 0.379. The summed E-state index contributed by atoms with van der Waals surface area (Å²) in [7, 11) is 2.16. The smallest absolute Gasteiger partial charge is 0.278 e. The van der Waals surface area contributed by atoms with Crippen molar-refractivity contribution < 1.29 is 0 Å². The van der Waals surface area contributed by atoms with Gasteiger partial charge in [0, 0.05) is 55.4 Å². The van der Waals surface area contributed by atoms with Crippen LogP contribution in [-0.4, -0.2) is 62.4 Å². The van der Waals surface area contributed by atoms with Crippen LogP contribution in [-0.2, 0) is 13.0 Å². The molecule has 2 aliphatic rings. The Morgan fingerprint density at radius 2 is 1.87 bits per heavy atom. The number of hydrogen-bond acceptors (Lipinski definition) is 7. The van der Waals surface area contributed by atoms with Gasteiger partial charge in [-0.2, -0.15) is 4.98 Å². The van der Waals surface area contributed by atoms with Gasteiger partial charge in [0.05, 0.1) is 6.54 Å². The molecule has 1 N–H and O–H groups in total. The van der Waals surface area contributed by atoms with Crippen molar-refractivity contribution in [1.82, 2.24) is 29.2 Å². The number of rotatable bonds is 7. The van der Waals surface area contributed by atoms with Crippen molar-refractivity contribution >= 4 is 28.4 Å². The zero-order valence-corrected chi connectivity index (χ0v) is 22.1. The van der Waals surface area contributed by atoms with Crippen LogP contribution in [0.1, 0.15) is 36.9 Å². The number of fused-ring (bicyclic) bond motifs is 2. The van der Waals surface area contributed by atoms with Gasteiger partial charge in [-0.3, -0.25) is 4.79 Å². The Morgan fingerprint density at radius 1 is 1.08 bits per heavy atom. The molecule has 0 radical (unpaired) electrons. The minimum atomic E-state index is -0.155. The number of aromatic nitrogens is 5. The van der Waals surface area contributed by atoms with Crippen LogP contribution in [0.4, 0.5) is 17.3 Å². The molecule has 1 fully saturated rings. The first-order valence-corrected chi connectivity index (χ1v) is 13.5. The van der Waals surface area contributed by atoms with Gasteiger partial charge in [0.1, 0.15) is 5.39 Å². The zero-order valence-electron chi connectivity index (χ0n) is 22.1. The van der Waals surface area contributed by atoms with Crippen LogP contribution in [0.3, 0.4) is 0 Å². The molecule has 1 aliphatic heterocycles. The molecule has 38 heavy (non-hydrogen) atoms. The first-order valence-electron chi connectivity index (χ1n) is 13.5. The van der Waals surface area contributed by atoms with Crippen molar-refractivity contribution in [3.63, 3.8) is 0 Å². The molecule has 1 saturated heterocycles. The number of aryl methyl sites for hydroxylation is 1. The lowest BCUT2D eigenvalue weighted by Crippen LogP contribution is -2.44. The van der Waals surface area contributed by atoms with Gasteiger partial charge >= 0.3 is 0 Å². The number of likely N-dealkylation sites (N-methyl/N-ethyl adjacent to an activating group) is 1. The summed E-state index contributed by atoms with van der Waals surface area (Å²) in [6.07, 6.45) is 6.55. The Labute approximate surface area is 222 Å². The van der Waals surface area contributed by atoms with E-state index in [-0.39, 0.29) is 5.56 Å². The van der Waals surface area contributed by atoms with Crippen LogP contribution in [0.15, 0.2) is 60.0 Å². The third-order valence-electron chi connectivity index (χ3n) is 7.83. The summed E-state index contributed by atoms with van der Waals surface area (Å²) in [5, 5.41) is 3.77. The van der Waals surface area contributed by atoms with Crippen LogP contribution >= 0.6 is 0 Å². The lowest BCUT2D eigenvalue weighted by molar-refractivity contribution is 0.313. The number of nitrogens with zero attached hydrogens (tertiary/aromatic N) is 7. The van der Waals surface area contributed by atoms with Gasteiger partial charge in [-0.05, 0) is 62.2 Å². The summed E-state index contributed by atoms with van der Waals surface area (Å²) in [5.74, 6) is 1.58. The van der Waals surface area contributed by atoms with E-state index in [2.05, 4.69) is 58.9 Å². The van der Waals surface area contributed by atoms with Crippen LogP contribution in [0.5, 0.6) is 0 Å². The Morgan fingerprint density at radius 3 is 2.61 bits per heavy atom. The maximum Gasteiger partial charge on any atom is 0.278 e. The second-order valence-electron chi connectivity index (χ2n) is 10.2. The van der Waals surface area contributed by atoms with Crippen LogP contribution < -0.4 is 15.8 Å². The normalized spacial score (nSPS) is 17.6. The Hall–Kier alpha value is -3.98. The fourth-order valence-corrected chi connectivity index (χ4v) is 5.60. The molecule has 0 unspecified atom stereocenters. The summed E-state index contributed by atoms with van der Waals surface area (Å²) in [5.41, 5.74) is 4.91. The maximum atomic E-state index is 13.3. The minimum Gasteiger partial charge on any atom is -0.369 e. The van der Waals surface area contributed by atoms with E-state index in [0.717, 1.165) is 56.8 Å². The molecule has 9 nitrogen and oxygen atoms in total. The van der Waals surface area contributed by atoms with E-state index < -0.39 is 0 Å². The molecule has 9 heteroatoms. The van der Waals surface area contributed by atoms with Crippen molar-refractivity contribution in [2.45, 2.75) is 38.6 Å². The van der Waals surface area contributed by atoms with Crippen molar-refractivity contribution in [3.8, 4) is 5.82 Å². The third-order valence-corrected chi connectivity index (χ3v) is 7.83. The first kappa shape index (κ1) is 24.4. The average Bonchev–Trinajstić information content (AvgIpc) is 3.47. The average molecular weight is 511 g/mol. The number of hydrogen-bond donors (Lipinski definition) is 1. The molecule has 1 atom stereocenters. The number of benzene rings is 1. The summed E-state index contributed by atoms with van der Waals surface area (Å²) < 4.78 is 3.44. The largest absolute Gasteiger partial charge is 0.369 e. The van der Waals surface area contributed by atoms with E-state index in [1.165, 1.54) is 11.3 Å². The number of allylic oxidation sites excluding steroid dienone is 1. The molecule has 0 bridgehead atoms. The summed E-state index contributed by atoms with van der Waals surface area (Å²) in [6.45, 7) is 10.6. The molecule has 0 amide bonds. The fourth-order valence-electron chi connectivity index (χ4n) is 5.60. The highest BCUT2D eigenvalue weighted by Gasteiger charge is 2.25. The van der Waals surface area contributed by atoms with Gasteiger partial charge < -0.3 is 15.1 Å².